The summed E-state index contributed by atoms with van der Waals surface area (Å²) in [5.41, 5.74) is 3.35. The van der Waals surface area contributed by atoms with Gasteiger partial charge in [-0.15, -0.1) is 0 Å². The van der Waals surface area contributed by atoms with Gasteiger partial charge in [0, 0.05) is 16.3 Å². The third-order valence-corrected chi connectivity index (χ3v) is 4.47. The molecule has 116 valence electrons. The second-order valence-corrected chi connectivity index (χ2v) is 5.57. The van der Waals surface area contributed by atoms with Gasteiger partial charge in [-0.25, -0.2) is 0 Å². The smallest absolute Gasteiger partial charge is 0.169 e. The van der Waals surface area contributed by atoms with Crippen molar-refractivity contribution in [3.63, 3.8) is 0 Å². The maximum Gasteiger partial charge on any atom is 0.169 e. The minimum atomic E-state index is -0.757. The normalized spacial score (nSPS) is 15.3. The molecule has 1 unspecified atom stereocenters. The van der Waals surface area contributed by atoms with Crippen LogP contribution < -0.4 is 9.47 Å². The average molecular weight is 308 g/mol. The van der Waals surface area contributed by atoms with Crippen molar-refractivity contribution in [2.24, 2.45) is 0 Å². The SMILES string of the molecule is COc1ccc2c(O)cc3c(c2c1OC)-c1ccccc1C3O. The molecule has 1 atom stereocenters. The first-order valence-corrected chi connectivity index (χ1v) is 7.35. The van der Waals surface area contributed by atoms with E-state index in [-0.39, 0.29) is 5.75 Å². The molecule has 3 aromatic carbocycles. The molecular formula is C19H16O4. The summed E-state index contributed by atoms with van der Waals surface area (Å²) in [6.07, 6.45) is -0.757. The molecule has 0 bridgehead atoms. The number of phenolic OH excluding ortho intramolecular Hbond substituents is 1. The summed E-state index contributed by atoms with van der Waals surface area (Å²) >= 11 is 0. The molecule has 3 aromatic rings. The lowest BCUT2D eigenvalue weighted by Crippen LogP contribution is -1.96. The molecule has 23 heavy (non-hydrogen) atoms. The summed E-state index contributed by atoms with van der Waals surface area (Å²) in [6.45, 7) is 0. The Morgan fingerprint density at radius 3 is 2.48 bits per heavy atom. The number of aliphatic hydroxyl groups excluding tert-OH is 1. The van der Waals surface area contributed by atoms with Gasteiger partial charge in [-0.3, -0.25) is 0 Å². The van der Waals surface area contributed by atoms with Crippen molar-refractivity contribution in [2.75, 3.05) is 14.2 Å². The molecule has 4 heteroatoms. The summed E-state index contributed by atoms with van der Waals surface area (Å²) in [6, 6.07) is 12.9. The van der Waals surface area contributed by atoms with Crippen molar-refractivity contribution in [3.8, 4) is 28.4 Å². The predicted octanol–water partition coefficient (Wildman–Crippen LogP) is 3.62. The Hall–Kier alpha value is -2.72. The lowest BCUT2D eigenvalue weighted by atomic mass is 9.96. The number of hydrogen-bond acceptors (Lipinski definition) is 4. The van der Waals surface area contributed by atoms with E-state index in [2.05, 4.69) is 0 Å². The molecule has 0 aromatic heterocycles. The highest BCUT2D eigenvalue weighted by Gasteiger charge is 2.31. The number of rotatable bonds is 2. The Kier molecular flexibility index (Phi) is 2.96. The number of benzene rings is 3. The van der Waals surface area contributed by atoms with Gasteiger partial charge in [0.15, 0.2) is 11.5 Å². The summed E-state index contributed by atoms with van der Waals surface area (Å²) in [7, 11) is 3.15. The number of hydrogen-bond donors (Lipinski definition) is 2. The zero-order valence-corrected chi connectivity index (χ0v) is 12.8. The molecule has 0 heterocycles. The van der Waals surface area contributed by atoms with Crippen LogP contribution in [0, 0.1) is 0 Å². The Labute approximate surface area is 133 Å². The van der Waals surface area contributed by atoms with Crippen LogP contribution in [0.5, 0.6) is 17.2 Å². The fraction of sp³-hybridized carbons (Fsp3) is 0.158. The van der Waals surface area contributed by atoms with Gasteiger partial charge >= 0.3 is 0 Å². The highest BCUT2D eigenvalue weighted by molar-refractivity contribution is 6.08. The van der Waals surface area contributed by atoms with Crippen LogP contribution in [0.1, 0.15) is 17.2 Å². The van der Waals surface area contributed by atoms with Crippen molar-refractivity contribution < 1.29 is 19.7 Å². The van der Waals surface area contributed by atoms with E-state index in [1.54, 1.807) is 32.4 Å². The molecule has 0 aliphatic heterocycles. The van der Waals surface area contributed by atoms with Crippen LogP contribution in [-0.4, -0.2) is 24.4 Å². The maximum absolute atomic E-state index is 10.6. The van der Waals surface area contributed by atoms with Crippen LogP contribution in [0.3, 0.4) is 0 Å². The average Bonchev–Trinajstić information content (AvgIpc) is 2.86. The summed E-state index contributed by atoms with van der Waals surface area (Å²) in [5, 5.41) is 22.5. The molecule has 0 fully saturated rings. The molecule has 0 amide bonds. The van der Waals surface area contributed by atoms with Gasteiger partial charge in [0.2, 0.25) is 0 Å². The van der Waals surface area contributed by atoms with Crippen LogP contribution in [0.15, 0.2) is 42.5 Å². The monoisotopic (exact) mass is 308 g/mol. The van der Waals surface area contributed by atoms with Crippen LogP contribution >= 0.6 is 0 Å². The molecule has 4 rings (SSSR count). The van der Waals surface area contributed by atoms with E-state index >= 15 is 0 Å². The number of ether oxygens (including phenoxy) is 2. The number of methoxy groups -OCH3 is 2. The van der Waals surface area contributed by atoms with Crippen molar-refractivity contribution in [1.82, 2.24) is 0 Å². The highest BCUT2D eigenvalue weighted by Crippen LogP contribution is 2.52. The van der Waals surface area contributed by atoms with Crippen molar-refractivity contribution in [2.45, 2.75) is 6.10 Å². The third kappa shape index (κ3) is 1.75. The topological polar surface area (TPSA) is 58.9 Å². The Morgan fingerprint density at radius 2 is 1.74 bits per heavy atom. The van der Waals surface area contributed by atoms with E-state index in [0.29, 0.717) is 22.4 Å². The highest BCUT2D eigenvalue weighted by atomic mass is 16.5. The molecule has 0 saturated carbocycles. The van der Waals surface area contributed by atoms with Crippen molar-refractivity contribution in [3.05, 3.63) is 53.6 Å². The van der Waals surface area contributed by atoms with E-state index < -0.39 is 6.10 Å². The van der Waals surface area contributed by atoms with E-state index in [4.69, 9.17) is 9.47 Å². The molecule has 2 N–H and O–H groups in total. The van der Waals surface area contributed by atoms with Gasteiger partial charge in [0.05, 0.1) is 14.2 Å². The van der Waals surface area contributed by atoms with Crippen LogP contribution in [0.25, 0.3) is 21.9 Å². The number of fused-ring (bicyclic) bond motifs is 5. The summed E-state index contributed by atoms with van der Waals surface area (Å²) < 4.78 is 11.0. The number of aromatic hydroxyl groups is 1. The van der Waals surface area contributed by atoms with Gasteiger partial charge in [0.25, 0.3) is 0 Å². The quantitative estimate of drug-likeness (QED) is 0.759. The van der Waals surface area contributed by atoms with Crippen LogP contribution in [-0.2, 0) is 0 Å². The van der Waals surface area contributed by atoms with E-state index in [9.17, 15) is 10.2 Å². The first kappa shape index (κ1) is 13.9. The number of aliphatic hydroxyl groups is 1. The first-order chi connectivity index (χ1) is 11.2. The predicted molar refractivity (Wildman–Crippen MR) is 88.2 cm³/mol. The largest absolute Gasteiger partial charge is 0.507 e. The molecule has 0 radical (unpaired) electrons. The fourth-order valence-corrected chi connectivity index (χ4v) is 3.47. The van der Waals surface area contributed by atoms with Gasteiger partial charge < -0.3 is 19.7 Å². The zero-order valence-electron chi connectivity index (χ0n) is 12.8. The Morgan fingerprint density at radius 1 is 0.957 bits per heavy atom. The minimum absolute atomic E-state index is 0.117. The van der Waals surface area contributed by atoms with E-state index in [1.807, 2.05) is 24.3 Å². The third-order valence-electron chi connectivity index (χ3n) is 4.47. The summed E-state index contributed by atoms with van der Waals surface area (Å²) in [4.78, 5) is 0. The van der Waals surface area contributed by atoms with Gasteiger partial charge in [-0.05, 0) is 34.9 Å². The second-order valence-electron chi connectivity index (χ2n) is 5.57. The van der Waals surface area contributed by atoms with Gasteiger partial charge in [-0.1, -0.05) is 24.3 Å². The lowest BCUT2D eigenvalue weighted by Gasteiger charge is -2.16. The fourth-order valence-electron chi connectivity index (χ4n) is 3.47. The van der Waals surface area contributed by atoms with Crippen molar-refractivity contribution >= 4 is 10.8 Å². The number of phenols is 1. The Balaban J connectivity index is 2.22. The molecule has 0 spiro atoms. The zero-order chi connectivity index (χ0) is 16.1. The van der Waals surface area contributed by atoms with Crippen LogP contribution in [0.2, 0.25) is 0 Å². The summed E-state index contributed by atoms with van der Waals surface area (Å²) in [5.74, 6) is 1.26. The van der Waals surface area contributed by atoms with Crippen molar-refractivity contribution in [1.29, 1.82) is 0 Å². The minimum Gasteiger partial charge on any atom is -0.507 e. The molecule has 1 aliphatic carbocycles. The molecule has 0 saturated heterocycles. The van der Waals surface area contributed by atoms with Crippen LogP contribution in [0.4, 0.5) is 0 Å². The van der Waals surface area contributed by atoms with E-state index in [1.165, 1.54) is 0 Å². The van der Waals surface area contributed by atoms with Gasteiger partial charge in [0.1, 0.15) is 11.9 Å². The molecular weight excluding hydrogens is 292 g/mol. The molecule has 1 aliphatic rings. The second kappa shape index (κ2) is 4.89. The lowest BCUT2D eigenvalue weighted by molar-refractivity contribution is 0.225. The Bertz CT molecular complexity index is 930. The molecule has 4 nitrogen and oxygen atoms in total. The maximum atomic E-state index is 10.6. The standard InChI is InChI=1S/C19H16O4/c1-22-15-8-7-12-14(20)9-13-16(17(12)19(15)23-2)10-5-3-4-6-11(10)18(13)21/h3-9,18,20-21H,1-2H3. The first-order valence-electron chi connectivity index (χ1n) is 7.35. The van der Waals surface area contributed by atoms with E-state index in [0.717, 1.165) is 22.1 Å². The van der Waals surface area contributed by atoms with Gasteiger partial charge in [-0.2, -0.15) is 0 Å².